The second-order valence-corrected chi connectivity index (χ2v) is 10.8. The number of nitro benzene ring substituents is 1. The van der Waals surface area contributed by atoms with Crippen LogP contribution in [0.5, 0.6) is 0 Å². The number of aliphatic imine (C=N–C) groups is 1. The van der Waals surface area contributed by atoms with E-state index in [4.69, 9.17) is 11.5 Å². The van der Waals surface area contributed by atoms with Crippen LogP contribution in [0.2, 0.25) is 0 Å². The largest absolute Gasteiger partial charge is 0.478 e. The van der Waals surface area contributed by atoms with Crippen LogP contribution in [0.25, 0.3) is 0 Å². The summed E-state index contributed by atoms with van der Waals surface area (Å²) in [5, 5.41) is 29.2. The van der Waals surface area contributed by atoms with Crippen molar-refractivity contribution in [1.29, 1.82) is 0 Å². The van der Waals surface area contributed by atoms with Gasteiger partial charge in [-0.2, -0.15) is 0 Å². The predicted molar refractivity (Wildman–Crippen MR) is 157 cm³/mol. The van der Waals surface area contributed by atoms with E-state index in [1.165, 1.54) is 42.1 Å². The normalized spacial score (nSPS) is 18.2. The minimum Gasteiger partial charge on any atom is -0.478 e. The molecule has 2 aromatic rings. The molecule has 2 aromatic carbocycles. The number of nitro groups is 1. The third-order valence-electron chi connectivity index (χ3n) is 6.78. The van der Waals surface area contributed by atoms with Crippen LogP contribution in [-0.2, 0) is 15.3 Å². The first-order valence-electron chi connectivity index (χ1n) is 13.2. The van der Waals surface area contributed by atoms with E-state index in [0.717, 1.165) is 6.07 Å². The van der Waals surface area contributed by atoms with Crippen LogP contribution in [0.15, 0.2) is 46.3 Å². The van der Waals surface area contributed by atoms with Gasteiger partial charge in [-0.05, 0) is 42.5 Å². The van der Waals surface area contributed by atoms with Gasteiger partial charge in [-0.15, -0.1) is 11.8 Å². The number of carboxylic acids is 1. The summed E-state index contributed by atoms with van der Waals surface area (Å²) in [6, 6.07) is 5.94. The van der Waals surface area contributed by atoms with E-state index in [0.29, 0.717) is 23.3 Å². The fourth-order valence-corrected chi connectivity index (χ4v) is 5.25. The molecule has 0 bridgehead atoms. The molecule has 1 aliphatic rings. The smallest absolute Gasteiger partial charge is 0.335 e. The van der Waals surface area contributed by atoms with Gasteiger partial charge < -0.3 is 32.5 Å². The fourth-order valence-electron chi connectivity index (χ4n) is 4.22. The lowest BCUT2D eigenvalue weighted by atomic mass is 9.97. The third kappa shape index (κ3) is 8.19. The number of thioether (sulfide) groups is 1. The van der Waals surface area contributed by atoms with Gasteiger partial charge in [0, 0.05) is 35.0 Å². The van der Waals surface area contributed by atoms with Crippen molar-refractivity contribution in [3.63, 3.8) is 0 Å². The maximum atomic E-state index is 13.5. The van der Waals surface area contributed by atoms with Crippen LogP contribution in [0.3, 0.4) is 0 Å². The van der Waals surface area contributed by atoms with Gasteiger partial charge in [0.25, 0.3) is 11.6 Å². The van der Waals surface area contributed by atoms with Gasteiger partial charge in [0.05, 0.1) is 16.1 Å². The summed E-state index contributed by atoms with van der Waals surface area (Å²) in [5.74, 6) is -3.41. The van der Waals surface area contributed by atoms with E-state index in [2.05, 4.69) is 20.9 Å². The summed E-state index contributed by atoms with van der Waals surface area (Å²) in [6.45, 7) is 3.79. The number of anilines is 1. The standard InChI is InChI=1S/C27H33N7O7S/c1-3-14(2)22-25(37)31-19(5-4-10-30-27(28)29)24(36)32-20-11-15(26(38)39)6-7-16(20)13-42-21-9-8-17(34(40)41)12-18(21)23(35)33-22/h6-9,11-12,14,19,22H,3-5,10,13H2,1-2H3,(H,31,37)(H,32,36)(H,33,35)(H,38,39)(H4,28,29,30)/t14-,19-,22-/m0/s1. The molecule has 3 amide bonds. The first-order chi connectivity index (χ1) is 19.9. The summed E-state index contributed by atoms with van der Waals surface area (Å²) in [5.41, 5.74) is 11.2. The number of carbonyl (C=O) groups is 4. The van der Waals surface area contributed by atoms with Gasteiger partial charge in [-0.25, -0.2) is 4.79 Å². The molecule has 0 unspecified atom stereocenters. The summed E-state index contributed by atoms with van der Waals surface area (Å²) in [7, 11) is 0. The molecule has 3 atom stereocenters. The Kier molecular flexibility index (Phi) is 10.8. The van der Waals surface area contributed by atoms with Crippen LogP contribution < -0.4 is 27.4 Å². The van der Waals surface area contributed by atoms with Crippen LogP contribution >= 0.6 is 11.8 Å². The number of aromatic carboxylic acids is 1. The monoisotopic (exact) mass is 599 g/mol. The van der Waals surface area contributed by atoms with Gasteiger partial charge in [0.1, 0.15) is 12.1 Å². The van der Waals surface area contributed by atoms with Crippen molar-refractivity contribution in [2.24, 2.45) is 22.4 Å². The number of nitrogens with zero attached hydrogens (tertiary/aromatic N) is 2. The predicted octanol–water partition coefficient (Wildman–Crippen LogP) is 2.22. The Morgan fingerprint density at radius 1 is 1.17 bits per heavy atom. The van der Waals surface area contributed by atoms with E-state index in [1.807, 2.05) is 6.92 Å². The average Bonchev–Trinajstić information content (AvgIpc) is 2.95. The lowest BCUT2D eigenvalue weighted by Gasteiger charge is -2.27. The molecule has 0 spiro atoms. The molecule has 1 heterocycles. The van der Waals surface area contributed by atoms with Gasteiger partial charge in [0.15, 0.2) is 5.96 Å². The molecule has 0 aromatic heterocycles. The molecular formula is C27H33N7O7S. The maximum absolute atomic E-state index is 13.5. The molecule has 0 aliphatic carbocycles. The summed E-state index contributed by atoms with van der Waals surface area (Å²) >= 11 is 1.17. The van der Waals surface area contributed by atoms with Crippen molar-refractivity contribution in [3.8, 4) is 0 Å². The number of nitrogens with one attached hydrogen (secondary N) is 3. The van der Waals surface area contributed by atoms with Gasteiger partial charge in [0.2, 0.25) is 11.8 Å². The van der Waals surface area contributed by atoms with Gasteiger partial charge >= 0.3 is 5.97 Å². The number of amides is 3. The highest BCUT2D eigenvalue weighted by Crippen LogP contribution is 2.32. The molecule has 0 saturated carbocycles. The van der Waals surface area contributed by atoms with E-state index >= 15 is 0 Å². The van der Waals surface area contributed by atoms with E-state index in [9.17, 15) is 34.4 Å². The third-order valence-corrected chi connectivity index (χ3v) is 7.90. The Hall–Kier alpha value is -4.66. The minimum absolute atomic E-state index is 0.00823. The number of carbonyl (C=O) groups excluding carboxylic acids is 3. The van der Waals surface area contributed by atoms with Crippen molar-refractivity contribution in [3.05, 3.63) is 63.2 Å². The second kappa shape index (κ2) is 14.3. The molecule has 42 heavy (non-hydrogen) atoms. The number of rotatable bonds is 8. The lowest BCUT2D eigenvalue weighted by molar-refractivity contribution is -0.384. The molecule has 3 rings (SSSR count). The van der Waals surface area contributed by atoms with Crippen molar-refractivity contribution in [2.45, 2.75) is 55.8 Å². The van der Waals surface area contributed by atoms with E-state index in [1.54, 1.807) is 6.92 Å². The van der Waals surface area contributed by atoms with Gasteiger partial charge in [-0.3, -0.25) is 29.5 Å². The highest BCUT2D eigenvalue weighted by molar-refractivity contribution is 7.98. The number of non-ortho nitro benzene ring substituents is 1. The molecule has 0 fully saturated rings. The molecule has 224 valence electrons. The molecule has 0 radical (unpaired) electrons. The first kappa shape index (κ1) is 31.9. The lowest BCUT2D eigenvalue weighted by Crippen LogP contribution is -2.55. The van der Waals surface area contributed by atoms with Gasteiger partial charge in [-0.1, -0.05) is 26.3 Å². The highest BCUT2D eigenvalue weighted by Gasteiger charge is 2.32. The highest BCUT2D eigenvalue weighted by atomic mass is 32.2. The molecule has 15 heteroatoms. The molecule has 0 saturated heterocycles. The zero-order valence-corrected chi connectivity index (χ0v) is 23.9. The Morgan fingerprint density at radius 2 is 1.90 bits per heavy atom. The Labute approximate surface area is 245 Å². The van der Waals surface area contributed by atoms with Crippen LogP contribution in [-0.4, -0.2) is 58.3 Å². The molecule has 8 N–H and O–H groups in total. The van der Waals surface area contributed by atoms with E-state index in [-0.39, 0.29) is 53.1 Å². The molecule has 1 aliphatic heterocycles. The average molecular weight is 600 g/mol. The zero-order valence-electron chi connectivity index (χ0n) is 23.1. The Morgan fingerprint density at radius 3 is 2.55 bits per heavy atom. The number of carboxylic acid groups (broad SMARTS) is 1. The van der Waals surface area contributed by atoms with Crippen LogP contribution in [0.1, 0.15) is 59.4 Å². The van der Waals surface area contributed by atoms with Crippen molar-refractivity contribution >= 4 is 52.8 Å². The first-order valence-corrected chi connectivity index (χ1v) is 14.1. The van der Waals surface area contributed by atoms with Crippen molar-refractivity contribution in [2.75, 3.05) is 11.9 Å². The zero-order chi connectivity index (χ0) is 31.0. The molecule has 14 nitrogen and oxygen atoms in total. The number of fused-ring (bicyclic) bond motifs is 2. The molecular weight excluding hydrogens is 566 g/mol. The number of hydrogen-bond acceptors (Lipinski definition) is 8. The maximum Gasteiger partial charge on any atom is 0.335 e. The second-order valence-electron chi connectivity index (χ2n) is 9.74. The number of guanidine groups is 1. The minimum atomic E-state index is -1.20. The SMILES string of the molecule is CC[C@H](C)[C@@H]1NC(=O)c2cc([N+](=O)[O-])ccc2SCc2ccc(C(=O)O)cc2NC(=O)[C@H](CCCN=C(N)N)NC1=O. The number of hydrogen-bond donors (Lipinski definition) is 6. The van der Waals surface area contributed by atoms with Crippen LogP contribution in [0, 0.1) is 16.0 Å². The van der Waals surface area contributed by atoms with Crippen molar-refractivity contribution < 1.29 is 29.2 Å². The topological polar surface area (TPSA) is 232 Å². The van der Waals surface area contributed by atoms with Crippen molar-refractivity contribution in [1.82, 2.24) is 10.6 Å². The summed E-state index contributed by atoms with van der Waals surface area (Å²) < 4.78 is 0. The number of benzene rings is 2. The fraction of sp³-hybridized carbons (Fsp3) is 0.370. The quantitative estimate of drug-likeness (QED) is 0.0851. The Bertz CT molecular complexity index is 1410. The summed E-state index contributed by atoms with van der Waals surface area (Å²) in [6.07, 6.45) is 0.959. The number of nitrogens with two attached hydrogens (primary N) is 2. The van der Waals surface area contributed by atoms with Crippen LogP contribution in [0.4, 0.5) is 11.4 Å². The summed E-state index contributed by atoms with van der Waals surface area (Å²) in [4.78, 5) is 67.4. The van der Waals surface area contributed by atoms with E-state index < -0.39 is 40.7 Å². The Balaban J connectivity index is 2.11.